The van der Waals surface area contributed by atoms with Gasteiger partial charge in [0.15, 0.2) is 6.61 Å². The van der Waals surface area contributed by atoms with Gasteiger partial charge in [0.2, 0.25) is 0 Å². The topological polar surface area (TPSA) is 43.3 Å². The summed E-state index contributed by atoms with van der Waals surface area (Å²) in [4.78, 5) is 7.53. The second-order valence-corrected chi connectivity index (χ2v) is 5.94. The van der Waals surface area contributed by atoms with Crippen molar-refractivity contribution in [3.05, 3.63) is 59.1 Å². The van der Waals surface area contributed by atoms with Gasteiger partial charge in [-0.25, -0.2) is 0 Å². The van der Waals surface area contributed by atoms with Crippen LogP contribution in [-0.2, 0) is 9.57 Å². The van der Waals surface area contributed by atoms with Crippen molar-refractivity contribution in [3.8, 4) is 5.75 Å². The minimum Gasteiger partial charge on any atom is -0.488 e. The molecule has 5 nitrogen and oxygen atoms in total. The Kier molecular flexibility index (Phi) is 6.54. The molecule has 0 spiro atoms. The molecule has 0 amide bonds. The molecular weight excluding hydrogens is 340 g/mol. The van der Waals surface area contributed by atoms with Crippen molar-refractivity contribution in [1.82, 2.24) is 0 Å². The zero-order valence-corrected chi connectivity index (χ0v) is 14.7. The molecule has 1 heterocycles. The summed E-state index contributed by atoms with van der Waals surface area (Å²) in [7, 11) is 0. The maximum absolute atomic E-state index is 6.01. The number of rotatable bonds is 7. The van der Waals surface area contributed by atoms with E-state index in [9.17, 15) is 0 Å². The van der Waals surface area contributed by atoms with Crippen LogP contribution in [0.5, 0.6) is 5.75 Å². The SMILES string of the molecule is Clc1ccccc1OCCO/N=C/c1ccc(N2CCOCC2)cc1. The summed E-state index contributed by atoms with van der Waals surface area (Å²) in [6, 6.07) is 15.6. The molecule has 1 aliphatic heterocycles. The second-order valence-electron chi connectivity index (χ2n) is 5.54. The van der Waals surface area contributed by atoms with Gasteiger partial charge in [0.05, 0.1) is 24.5 Å². The summed E-state index contributed by atoms with van der Waals surface area (Å²) in [5, 5.41) is 4.56. The minimum atomic E-state index is 0.355. The molecule has 3 rings (SSSR count). The van der Waals surface area contributed by atoms with Crippen LogP contribution in [-0.4, -0.2) is 45.7 Å². The Morgan fingerprint density at radius 2 is 1.80 bits per heavy atom. The molecule has 0 aromatic heterocycles. The van der Waals surface area contributed by atoms with Crippen molar-refractivity contribution in [2.24, 2.45) is 5.16 Å². The smallest absolute Gasteiger partial charge is 0.151 e. The molecule has 6 heteroatoms. The van der Waals surface area contributed by atoms with Crippen LogP contribution in [0.25, 0.3) is 0 Å². The zero-order valence-electron chi connectivity index (χ0n) is 13.9. The number of benzene rings is 2. The lowest BCUT2D eigenvalue weighted by Gasteiger charge is -2.28. The Morgan fingerprint density at radius 3 is 2.56 bits per heavy atom. The predicted octanol–water partition coefficient (Wildman–Crippen LogP) is 3.61. The summed E-state index contributed by atoms with van der Waals surface area (Å²) >= 11 is 6.01. The quantitative estimate of drug-likeness (QED) is 0.430. The van der Waals surface area contributed by atoms with Gasteiger partial charge in [0.25, 0.3) is 0 Å². The lowest BCUT2D eigenvalue weighted by atomic mass is 10.2. The molecule has 25 heavy (non-hydrogen) atoms. The second kappa shape index (κ2) is 9.30. The molecule has 0 aliphatic carbocycles. The number of oxime groups is 1. The van der Waals surface area contributed by atoms with E-state index in [4.69, 9.17) is 25.9 Å². The maximum Gasteiger partial charge on any atom is 0.151 e. The summed E-state index contributed by atoms with van der Waals surface area (Å²) in [5.41, 5.74) is 2.19. The van der Waals surface area contributed by atoms with Gasteiger partial charge in [-0.2, -0.15) is 0 Å². The Bertz CT molecular complexity index is 685. The fraction of sp³-hybridized carbons (Fsp3) is 0.316. The Balaban J connectivity index is 1.39. The van der Waals surface area contributed by atoms with Crippen LogP contribution in [0, 0.1) is 0 Å². The van der Waals surface area contributed by atoms with Crippen LogP contribution in [0.4, 0.5) is 5.69 Å². The molecule has 1 fully saturated rings. The first-order valence-corrected chi connectivity index (χ1v) is 8.66. The first-order valence-electron chi connectivity index (χ1n) is 8.28. The molecule has 0 unspecified atom stereocenters. The highest BCUT2D eigenvalue weighted by molar-refractivity contribution is 6.32. The van der Waals surface area contributed by atoms with Gasteiger partial charge in [-0.3, -0.25) is 0 Å². The third-order valence-corrected chi connectivity index (χ3v) is 4.13. The van der Waals surface area contributed by atoms with E-state index >= 15 is 0 Å². The maximum atomic E-state index is 6.01. The monoisotopic (exact) mass is 360 g/mol. The molecule has 2 aromatic carbocycles. The largest absolute Gasteiger partial charge is 0.488 e. The van der Waals surface area contributed by atoms with E-state index in [-0.39, 0.29) is 0 Å². The third-order valence-electron chi connectivity index (χ3n) is 3.81. The summed E-state index contributed by atoms with van der Waals surface area (Å²) in [6.45, 7) is 4.18. The molecule has 1 aliphatic rings. The lowest BCUT2D eigenvalue weighted by molar-refractivity contribution is 0.108. The van der Waals surface area contributed by atoms with Gasteiger partial charge in [-0.05, 0) is 29.8 Å². The minimum absolute atomic E-state index is 0.355. The standard InChI is InChI=1S/C19H21ClN2O3/c20-18-3-1-2-4-19(18)24-13-14-25-21-15-16-5-7-17(8-6-16)22-9-11-23-12-10-22/h1-8,15H,9-14H2/b21-15+. The Labute approximate surface area is 152 Å². The van der Waals surface area contributed by atoms with E-state index in [1.54, 1.807) is 12.3 Å². The zero-order chi connectivity index (χ0) is 17.3. The first kappa shape index (κ1) is 17.6. The average molecular weight is 361 g/mol. The summed E-state index contributed by atoms with van der Waals surface area (Å²) < 4.78 is 10.9. The van der Waals surface area contributed by atoms with Crippen LogP contribution >= 0.6 is 11.6 Å². The average Bonchev–Trinajstić information content (AvgIpc) is 2.67. The number of hydrogen-bond donors (Lipinski definition) is 0. The number of halogens is 1. The number of nitrogens with zero attached hydrogens (tertiary/aromatic N) is 2. The van der Waals surface area contributed by atoms with E-state index in [1.807, 2.05) is 30.3 Å². The van der Waals surface area contributed by atoms with Crippen LogP contribution < -0.4 is 9.64 Å². The van der Waals surface area contributed by atoms with Crippen molar-refractivity contribution < 1.29 is 14.3 Å². The lowest BCUT2D eigenvalue weighted by Crippen LogP contribution is -2.36. The molecule has 0 saturated carbocycles. The molecule has 0 bridgehead atoms. The molecule has 1 saturated heterocycles. The first-order chi connectivity index (χ1) is 12.3. The van der Waals surface area contributed by atoms with Crippen molar-refractivity contribution in [2.45, 2.75) is 0 Å². The highest BCUT2D eigenvalue weighted by Crippen LogP contribution is 2.22. The molecule has 0 atom stereocenters. The Morgan fingerprint density at radius 1 is 1.04 bits per heavy atom. The van der Waals surface area contributed by atoms with E-state index in [0.29, 0.717) is 24.0 Å². The van der Waals surface area contributed by atoms with Gasteiger partial charge in [-0.15, -0.1) is 0 Å². The van der Waals surface area contributed by atoms with E-state index in [1.165, 1.54) is 5.69 Å². The number of ether oxygens (including phenoxy) is 2. The number of para-hydroxylation sites is 1. The molecule has 132 valence electrons. The molecular formula is C19H21ClN2O3. The number of anilines is 1. The molecule has 0 N–H and O–H groups in total. The highest BCUT2D eigenvalue weighted by Gasteiger charge is 2.10. The highest BCUT2D eigenvalue weighted by atomic mass is 35.5. The number of hydrogen-bond acceptors (Lipinski definition) is 5. The molecule has 2 aromatic rings. The Hall–Kier alpha value is -2.24. The fourth-order valence-electron chi connectivity index (χ4n) is 2.49. The van der Waals surface area contributed by atoms with Crippen LogP contribution in [0.1, 0.15) is 5.56 Å². The van der Waals surface area contributed by atoms with Crippen LogP contribution in [0.3, 0.4) is 0 Å². The van der Waals surface area contributed by atoms with Crippen LogP contribution in [0.15, 0.2) is 53.7 Å². The third kappa shape index (κ3) is 5.37. The van der Waals surface area contributed by atoms with Gasteiger partial charge in [0, 0.05) is 18.8 Å². The van der Waals surface area contributed by atoms with Gasteiger partial charge >= 0.3 is 0 Å². The van der Waals surface area contributed by atoms with E-state index in [0.717, 1.165) is 31.9 Å². The van der Waals surface area contributed by atoms with Crippen molar-refractivity contribution >= 4 is 23.5 Å². The fourth-order valence-corrected chi connectivity index (χ4v) is 2.68. The van der Waals surface area contributed by atoms with Gasteiger partial charge in [0.1, 0.15) is 12.4 Å². The van der Waals surface area contributed by atoms with Gasteiger partial charge in [-0.1, -0.05) is 41.0 Å². The normalized spacial score (nSPS) is 14.7. The van der Waals surface area contributed by atoms with Crippen LogP contribution in [0.2, 0.25) is 5.02 Å². The van der Waals surface area contributed by atoms with Gasteiger partial charge < -0.3 is 19.2 Å². The summed E-state index contributed by atoms with van der Waals surface area (Å²) in [6.07, 6.45) is 1.69. The van der Waals surface area contributed by atoms with Crippen molar-refractivity contribution in [1.29, 1.82) is 0 Å². The van der Waals surface area contributed by atoms with E-state index < -0.39 is 0 Å². The van der Waals surface area contributed by atoms with E-state index in [2.05, 4.69) is 22.2 Å². The predicted molar refractivity (Wildman–Crippen MR) is 100.0 cm³/mol. The summed E-state index contributed by atoms with van der Waals surface area (Å²) in [5.74, 6) is 0.649. The molecule has 0 radical (unpaired) electrons. The number of morpholine rings is 1. The van der Waals surface area contributed by atoms with Crippen molar-refractivity contribution in [2.75, 3.05) is 44.4 Å². The van der Waals surface area contributed by atoms with Crippen molar-refractivity contribution in [3.63, 3.8) is 0 Å².